The molecule has 0 bridgehead atoms. The van der Waals surface area contributed by atoms with Crippen molar-refractivity contribution in [1.29, 1.82) is 0 Å². The molecule has 2 aromatic heterocycles. The molecule has 5 rings (SSSR count). The van der Waals surface area contributed by atoms with Gasteiger partial charge >= 0.3 is 5.97 Å². The molecule has 5 aromatic rings. The van der Waals surface area contributed by atoms with Crippen LogP contribution in [0, 0.1) is 6.92 Å². The normalized spacial score (nSPS) is 10.9. The Morgan fingerprint density at radius 3 is 2.16 bits per heavy atom. The van der Waals surface area contributed by atoms with Gasteiger partial charge in [-0.1, -0.05) is 90.1 Å². The smallest absolute Gasteiger partial charge is 0.310 e. The second-order valence-electron chi connectivity index (χ2n) is 8.89. The monoisotopic (exact) mass is 488 g/mol. The lowest BCUT2D eigenvalue weighted by atomic mass is 9.98. The third kappa shape index (κ3) is 5.67. The molecule has 0 atom stereocenters. The summed E-state index contributed by atoms with van der Waals surface area (Å²) in [6.45, 7) is 4.18. The fourth-order valence-corrected chi connectivity index (χ4v) is 4.36. The Hall–Kier alpha value is -4.51. The molecule has 0 saturated carbocycles. The van der Waals surface area contributed by atoms with Gasteiger partial charge in [-0.2, -0.15) is 0 Å². The number of hydrogen-bond acceptors (Lipinski definition) is 5. The Labute approximate surface area is 216 Å². The van der Waals surface area contributed by atoms with Gasteiger partial charge in [0.15, 0.2) is 5.76 Å². The molecule has 0 fully saturated rings. The Balaban J connectivity index is 1.34. The highest BCUT2D eigenvalue weighted by atomic mass is 16.5. The molecule has 0 spiro atoms. The van der Waals surface area contributed by atoms with Crippen molar-refractivity contribution in [2.24, 2.45) is 0 Å². The fourth-order valence-electron chi connectivity index (χ4n) is 4.36. The van der Waals surface area contributed by atoms with Crippen LogP contribution in [0.2, 0.25) is 0 Å². The van der Waals surface area contributed by atoms with E-state index in [1.807, 2.05) is 74.5 Å². The predicted octanol–water partition coefficient (Wildman–Crippen LogP) is 7.08. The number of esters is 1. The molecule has 0 aliphatic carbocycles. The number of aryl methyl sites for hydroxylation is 1. The molecular weight excluding hydrogens is 460 g/mol. The quantitative estimate of drug-likeness (QED) is 0.218. The van der Waals surface area contributed by atoms with Crippen LogP contribution >= 0.6 is 0 Å². The van der Waals surface area contributed by atoms with Gasteiger partial charge in [0.05, 0.1) is 24.4 Å². The molecule has 0 aliphatic heterocycles. The summed E-state index contributed by atoms with van der Waals surface area (Å²) in [6.07, 6.45) is 0.915. The van der Waals surface area contributed by atoms with E-state index >= 15 is 0 Å². The minimum atomic E-state index is -0.209. The van der Waals surface area contributed by atoms with Gasteiger partial charge in [-0.25, -0.2) is 0 Å². The van der Waals surface area contributed by atoms with Gasteiger partial charge in [0.1, 0.15) is 0 Å². The molecular formula is C32H28N2O3. The second kappa shape index (κ2) is 11.0. The molecule has 37 heavy (non-hydrogen) atoms. The highest BCUT2D eigenvalue weighted by molar-refractivity contribution is 5.74. The van der Waals surface area contributed by atoms with Crippen LogP contribution in [0.15, 0.2) is 102 Å². The predicted molar refractivity (Wildman–Crippen MR) is 145 cm³/mol. The lowest BCUT2D eigenvalue weighted by Crippen LogP contribution is -2.07. The van der Waals surface area contributed by atoms with E-state index in [1.165, 1.54) is 0 Å². The van der Waals surface area contributed by atoms with E-state index in [4.69, 9.17) is 14.2 Å². The maximum atomic E-state index is 11.7. The standard InChI is InChI=1S/C32H28N2O3/c1-3-36-31(35)20-23-12-14-24(15-13-23)25-16-18-27(19-17-25)32-29(22(2)34-37-32)21-28-10-7-11-30(33-28)26-8-5-4-6-9-26/h4-19H,3,20-21H2,1-2H3. The number of pyridine rings is 1. The molecule has 2 heterocycles. The van der Waals surface area contributed by atoms with Gasteiger partial charge in [-0.3, -0.25) is 9.78 Å². The maximum Gasteiger partial charge on any atom is 0.310 e. The number of carbonyl (C=O) groups is 1. The zero-order valence-corrected chi connectivity index (χ0v) is 21.0. The minimum absolute atomic E-state index is 0.209. The van der Waals surface area contributed by atoms with Gasteiger partial charge < -0.3 is 9.26 Å². The van der Waals surface area contributed by atoms with Gasteiger partial charge in [-0.15, -0.1) is 0 Å². The maximum absolute atomic E-state index is 11.7. The molecule has 0 N–H and O–H groups in total. The van der Waals surface area contributed by atoms with Crippen LogP contribution in [0.5, 0.6) is 0 Å². The summed E-state index contributed by atoms with van der Waals surface area (Å²) < 4.78 is 10.8. The van der Waals surface area contributed by atoms with E-state index in [1.54, 1.807) is 0 Å². The van der Waals surface area contributed by atoms with Crippen molar-refractivity contribution in [2.75, 3.05) is 6.61 Å². The van der Waals surface area contributed by atoms with Crippen LogP contribution in [0.25, 0.3) is 33.7 Å². The number of ether oxygens (including phenoxy) is 1. The minimum Gasteiger partial charge on any atom is -0.466 e. The number of rotatable bonds is 8. The Kier molecular flexibility index (Phi) is 7.22. The van der Waals surface area contributed by atoms with Gasteiger partial charge in [0.25, 0.3) is 0 Å². The van der Waals surface area contributed by atoms with Crippen molar-refractivity contribution in [2.45, 2.75) is 26.7 Å². The molecule has 0 radical (unpaired) electrons. The number of benzene rings is 3. The molecule has 0 saturated heterocycles. The third-order valence-electron chi connectivity index (χ3n) is 6.31. The van der Waals surface area contributed by atoms with Gasteiger partial charge in [0.2, 0.25) is 0 Å². The van der Waals surface area contributed by atoms with E-state index in [-0.39, 0.29) is 12.4 Å². The lowest BCUT2D eigenvalue weighted by molar-refractivity contribution is -0.142. The topological polar surface area (TPSA) is 65.2 Å². The number of carbonyl (C=O) groups excluding carboxylic acids is 1. The molecule has 0 aliphatic rings. The first-order valence-corrected chi connectivity index (χ1v) is 12.4. The van der Waals surface area contributed by atoms with E-state index in [2.05, 4.69) is 41.6 Å². The highest BCUT2D eigenvalue weighted by Crippen LogP contribution is 2.31. The molecule has 184 valence electrons. The van der Waals surface area contributed by atoms with Crippen molar-refractivity contribution in [3.05, 3.63) is 120 Å². The van der Waals surface area contributed by atoms with E-state index < -0.39 is 0 Å². The van der Waals surface area contributed by atoms with Crippen molar-refractivity contribution >= 4 is 5.97 Å². The first-order valence-electron chi connectivity index (χ1n) is 12.4. The largest absolute Gasteiger partial charge is 0.466 e. The summed E-state index contributed by atoms with van der Waals surface area (Å²) in [5.74, 6) is 0.556. The van der Waals surface area contributed by atoms with Crippen LogP contribution in [-0.4, -0.2) is 22.7 Å². The lowest BCUT2D eigenvalue weighted by Gasteiger charge is -2.07. The fraction of sp³-hybridized carbons (Fsp3) is 0.156. The van der Waals surface area contributed by atoms with Crippen LogP contribution in [0.4, 0.5) is 0 Å². The van der Waals surface area contributed by atoms with Crippen LogP contribution < -0.4 is 0 Å². The second-order valence-corrected chi connectivity index (χ2v) is 8.89. The van der Waals surface area contributed by atoms with Crippen LogP contribution in [0.3, 0.4) is 0 Å². The first kappa shape index (κ1) is 24.2. The van der Waals surface area contributed by atoms with Crippen molar-refractivity contribution in [1.82, 2.24) is 10.1 Å². The number of aromatic nitrogens is 2. The highest BCUT2D eigenvalue weighted by Gasteiger charge is 2.17. The van der Waals surface area contributed by atoms with Gasteiger partial charge in [0, 0.05) is 28.8 Å². The van der Waals surface area contributed by atoms with Crippen LogP contribution in [-0.2, 0) is 22.4 Å². The van der Waals surface area contributed by atoms with Crippen molar-refractivity contribution in [3.8, 4) is 33.7 Å². The zero-order chi connectivity index (χ0) is 25.6. The third-order valence-corrected chi connectivity index (χ3v) is 6.31. The van der Waals surface area contributed by atoms with Gasteiger partial charge in [-0.05, 0) is 42.7 Å². The zero-order valence-electron chi connectivity index (χ0n) is 21.0. The Morgan fingerprint density at radius 1 is 0.784 bits per heavy atom. The average molecular weight is 489 g/mol. The van der Waals surface area contributed by atoms with Crippen molar-refractivity contribution in [3.63, 3.8) is 0 Å². The average Bonchev–Trinajstić information content (AvgIpc) is 3.29. The van der Waals surface area contributed by atoms with E-state index in [9.17, 15) is 4.79 Å². The summed E-state index contributed by atoms with van der Waals surface area (Å²) in [4.78, 5) is 16.6. The van der Waals surface area contributed by atoms with E-state index in [0.717, 1.165) is 56.2 Å². The number of hydrogen-bond donors (Lipinski definition) is 0. The summed E-state index contributed by atoms with van der Waals surface area (Å²) in [5, 5.41) is 4.26. The first-order chi connectivity index (χ1) is 18.1. The Bertz CT molecular complexity index is 1490. The summed E-state index contributed by atoms with van der Waals surface area (Å²) in [5.41, 5.74) is 8.98. The Morgan fingerprint density at radius 2 is 1.46 bits per heavy atom. The number of nitrogens with zero attached hydrogens (tertiary/aromatic N) is 2. The SMILES string of the molecule is CCOC(=O)Cc1ccc(-c2ccc(-c3onc(C)c3Cc3cccc(-c4ccccc4)n3)cc2)cc1. The van der Waals surface area contributed by atoms with Crippen molar-refractivity contribution < 1.29 is 14.1 Å². The summed E-state index contributed by atoms with van der Waals surface area (Å²) in [7, 11) is 0. The molecule has 0 unspecified atom stereocenters. The molecule has 3 aromatic carbocycles. The molecule has 0 amide bonds. The molecule has 5 nitrogen and oxygen atoms in total. The van der Waals surface area contributed by atoms with Crippen LogP contribution in [0.1, 0.15) is 29.4 Å². The summed E-state index contributed by atoms with van der Waals surface area (Å²) >= 11 is 0. The molecule has 5 heteroatoms. The van der Waals surface area contributed by atoms with E-state index in [0.29, 0.717) is 13.0 Å². The summed E-state index contributed by atoms with van der Waals surface area (Å²) in [6, 6.07) is 32.5.